The van der Waals surface area contributed by atoms with Gasteiger partial charge in [-0.3, -0.25) is 4.79 Å². The smallest absolute Gasteiger partial charge is 0.335 e. The van der Waals surface area contributed by atoms with Crippen LogP contribution in [0.15, 0.2) is 0 Å². The van der Waals surface area contributed by atoms with E-state index in [1.165, 1.54) is 6.92 Å². The molecule has 4 unspecified atom stereocenters. The highest BCUT2D eigenvalue weighted by molar-refractivity contribution is 5.81. The van der Waals surface area contributed by atoms with Gasteiger partial charge >= 0.3 is 5.97 Å². The first-order valence-corrected chi connectivity index (χ1v) is 4.92. The lowest BCUT2D eigenvalue weighted by Gasteiger charge is -2.21. The van der Waals surface area contributed by atoms with Crippen molar-refractivity contribution in [3.05, 3.63) is 0 Å². The summed E-state index contributed by atoms with van der Waals surface area (Å²) in [6.07, 6.45) is -4.67. The number of carbonyl (C=O) groups excluding carboxylic acids is 2. The summed E-state index contributed by atoms with van der Waals surface area (Å²) in [7, 11) is 0. The highest BCUT2D eigenvalue weighted by Gasteiger charge is 2.32. The Balaban J connectivity index is 4.25. The van der Waals surface area contributed by atoms with Crippen molar-refractivity contribution in [2.75, 3.05) is 13.2 Å². The first kappa shape index (κ1) is 15.8. The van der Waals surface area contributed by atoms with E-state index in [9.17, 15) is 19.8 Å². The minimum absolute atomic E-state index is 0.494. The number of hydrogen-bond donors (Lipinski definition) is 5. The largest absolute Gasteiger partial charge is 0.461 e. The summed E-state index contributed by atoms with van der Waals surface area (Å²) in [5, 5.41) is 36.0. The first-order chi connectivity index (χ1) is 7.81. The summed E-state index contributed by atoms with van der Waals surface area (Å²) < 4.78 is 4.45. The molecule has 0 saturated carbocycles. The lowest BCUT2D eigenvalue weighted by Crippen LogP contribution is -2.43. The molecule has 6 N–H and O–H groups in total. The molecule has 8 heteroatoms. The molecule has 0 aliphatic rings. The minimum Gasteiger partial charge on any atom is -0.461 e. The van der Waals surface area contributed by atoms with E-state index < -0.39 is 49.3 Å². The van der Waals surface area contributed by atoms with Gasteiger partial charge in [-0.05, 0) is 0 Å². The number of hydrogen-bond acceptors (Lipinski definition) is 7. The summed E-state index contributed by atoms with van der Waals surface area (Å²) in [6, 6.07) is 0. The van der Waals surface area contributed by atoms with Crippen LogP contribution in [0.4, 0.5) is 0 Å². The molecule has 0 fully saturated rings. The van der Waals surface area contributed by atoms with E-state index >= 15 is 0 Å². The Morgan fingerprint density at radius 3 is 2.18 bits per heavy atom. The Hall–Kier alpha value is -1.22. The number of rotatable bonds is 7. The Kier molecular flexibility index (Phi) is 6.66. The average Bonchev–Trinajstić information content (AvgIpc) is 2.32. The van der Waals surface area contributed by atoms with E-state index in [0.717, 1.165) is 0 Å². The van der Waals surface area contributed by atoms with Crippen molar-refractivity contribution < 1.29 is 34.8 Å². The second-order valence-corrected chi connectivity index (χ2v) is 3.62. The van der Waals surface area contributed by atoms with Gasteiger partial charge in [0.1, 0.15) is 18.8 Å². The molecular formula is C9H17NO7. The topological polar surface area (TPSA) is 150 Å². The Bertz CT molecular complexity index is 270. The van der Waals surface area contributed by atoms with Gasteiger partial charge < -0.3 is 30.9 Å². The van der Waals surface area contributed by atoms with Crippen LogP contribution in [-0.2, 0) is 14.3 Å². The number of aliphatic hydroxyl groups excluding tert-OH is 4. The zero-order chi connectivity index (χ0) is 13.6. The van der Waals surface area contributed by atoms with Crippen LogP contribution in [0, 0.1) is 5.92 Å². The Morgan fingerprint density at radius 2 is 1.76 bits per heavy atom. The van der Waals surface area contributed by atoms with Crippen LogP contribution in [0.5, 0.6) is 0 Å². The van der Waals surface area contributed by atoms with E-state index in [-0.39, 0.29) is 0 Å². The zero-order valence-corrected chi connectivity index (χ0v) is 9.31. The molecule has 100 valence electrons. The number of primary amides is 1. The van der Waals surface area contributed by atoms with Crippen molar-refractivity contribution in [3.63, 3.8) is 0 Å². The third-order valence-electron chi connectivity index (χ3n) is 2.16. The second kappa shape index (κ2) is 7.17. The number of nitrogens with two attached hydrogens (primary N) is 1. The molecule has 0 radical (unpaired) electrons. The molecule has 1 amide bonds. The van der Waals surface area contributed by atoms with Gasteiger partial charge in [-0.15, -0.1) is 0 Å². The number of amides is 1. The maximum Gasteiger partial charge on any atom is 0.335 e. The number of aliphatic hydroxyl groups is 4. The van der Waals surface area contributed by atoms with E-state index in [0.29, 0.717) is 0 Å². The quantitative estimate of drug-likeness (QED) is 0.298. The van der Waals surface area contributed by atoms with Crippen molar-refractivity contribution in [2.45, 2.75) is 25.2 Å². The molecule has 0 aromatic heterocycles. The molecule has 0 aliphatic heterocycles. The molecular weight excluding hydrogens is 234 g/mol. The molecule has 0 rings (SSSR count). The molecule has 17 heavy (non-hydrogen) atoms. The van der Waals surface area contributed by atoms with Crippen LogP contribution in [0.3, 0.4) is 0 Å². The van der Waals surface area contributed by atoms with Crippen molar-refractivity contribution in [1.29, 1.82) is 0 Å². The molecule has 8 nitrogen and oxygen atoms in total. The van der Waals surface area contributed by atoms with Crippen molar-refractivity contribution in [2.24, 2.45) is 11.7 Å². The molecule has 0 spiro atoms. The molecule has 0 heterocycles. The normalized spacial score (nSPS) is 17.9. The van der Waals surface area contributed by atoms with Gasteiger partial charge in [-0.2, -0.15) is 0 Å². The summed E-state index contributed by atoms with van der Waals surface area (Å²) in [5.41, 5.74) is 4.79. The zero-order valence-electron chi connectivity index (χ0n) is 9.31. The summed E-state index contributed by atoms with van der Waals surface area (Å²) in [6.45, 7) is 0.151. The summed E-state index contributed by atoms with van der Waals surface area (Å²) >= 11 is 0. The molecule has 0 saturated heterocycles. The predicted molar refractivity (Wildman–Crippen MR) is 54.4 cm³/mol. The van der Waals surface area contributed by atoms with Gasteiger partial charge in [-0.25, -0.2) is 4.79 Å². The highest BCUT2D eigenvalue weighted by atomic mass is 16.6. The third-order valence-corrected chi connectivity index (χ3v) is 2.16. The standard InChI is InChI=1S/C9H17NO7/c1-4(6(13)8(10)15)7(14)9(16)17-3-5(12)2-11/h4-7,11-14H,2-3H2,1H3,(H2,10,15). The minimum atomic E-state index is -1.75. The van der Waals surface area contributed by atoms with Crippen molar-refractivity contribution in [1.82, 2.24) is 0 Å². The fraction of sp³-hybridized carbons (Fsp3) is 0.778. The molecule has 0 aromatic carbocycles. The Labute approximate surface area is 97.6 Å². The summed E-state index contributed by atoms with van der Waals surface area (Å²) in [4.78, 5) is 21.8. The monoisotopic (exact) mass is 251 g/mol. The lowest BCUT2D eigenvalue weighted by molar-refractivity contribution is -0.163. The fourth-order valence-corrected chi connectivity index (χ4v) is 0.963. The van der Waals surface area contributed by atoms with E-state index in [1.54, 1.807) is 0 Å². The molecule has 4 atom stereocenters. The van der Waals surface area contributed by atoms with Crippen LogP contribution in [-0.4, -0.2) is 63.8 Å². The van der Waals surface area contributed by atoms with Crippen molar-refractivity contribution >= 4 is 11.9 Å². The van der Waals surface area contributed by atoms with E-state index in [1.807, 2.05) is 0 Å². The van der Waals surface area contributed by atoms with Gasteiger partial charge in [-0.1, -0.05) is 6.92 Å². The summed E-state index contributed by atoms with van der Waals surface area (Å²) in [5.74, 6) is -3.32. The van der Waals surface area contributed by atoms with Gasteiger partial charge in [0, 0.05) is 5.92 Å². The van der Waals surface area contributed by atoms with Crippen LogP contribution in [0.1, 0.15) is 6.92 Å². The average molecular weight is 251 g/mol. The first-order valence-electron chi connectivity index (χ1n) is 4.92. The maximum absolute atomic E-state index is 11.2. The highest BCUT2D eigenvalue weighted by Crippen LogP contribution is 2.10. The second-order valence-electron chi connectivity index (χ2n) is 3.62. The molecule has 0 bridgehead atoms. The lowest BCUT2D eigenvalue weighted by atomic mass is 9.98. The van der Waals surface area contributed by atoms with Crippen LogP contribution >= 0.6 is 0 Å². The van der Waals surface area contributed by atoms with Gasteiger partial charge in [0.2, 0.25) is 5.91 Å². The van der Waals surface area contributed by atoms with Crippen LogP contribution in [0.2, 0.25) is 0 Å². The van der Waals surface area contributed by atoms with E-state index in [4.69, 9.17) is 15.9 Å². The number of carbonyl (C=O) groups is 2. The maximum atomic E-state index is 11.2. The molecule has 0 aliphatic carbocycles. The van der Waals surface area contributed by atoms with Crippen LogP contribution in [0.25, 0.3) is 0 Å². The van der Waals surface area contributed by atoms with Crippen molar-refractivity contribution in [3.8, 4) is 0 Å². The van der Waals surface area contributed by atoms with Crippen LogP contribution < -0.4 is 5.73 Å². The van der Waals surface area contributed by atoms with Gasteiger partial charge in [0.15, 0.2) is 6.10 Å². The van der Waals surface area contributed by atoms with Gasteiger partial charge in [0.25, 0.3) is 0 Å². The fourth-order valence-electron chi connectivity index (χ4n) is 0.963. The predicted octanol–water partition coefficient (Wildman–Crippen LogP) is -3.27. The van der Waals surface area contributed by atoms with E-state index in [2.05, 4.69) is 4.74 Å². The number of esters is 1. The molecule has 0 aromatic rings. The third kappa shape index (κ3) is 5.09. The number of ether oxygens (including phenoxy) is 1. The van der Waals surface area contributed by atoms with Gasteiger partial charge in [0.05, 0.1) is 6.61 Å². The SMILES string of the molecule is CC(C(O)C(N)=O)C(O)C(=O)OCC(O)CO. The Morgan fingerprint density at radius 1 is 1.24 bits per heavy atom.